The van der Waals surface area contributed by atoms with Crippen molar-refractivity contribution in [1.82, 2.24) is 0 Å². The summed E-state index contributed by atoms with van der Waals surface area (Å²) in [6.07, 6.45) is -2.62. The van der Waals surface area contributed by atoms with E-state index in [-0.39, 0.29) is 23.5 Å². The minimum absolute atomic E-state index is 0.0284. The third-order valence-electron chi connectivity index (χ3n) is 3.03. The molecule has 0 atom stereocenters. The first-order valence-electron chi connectivity index (χ1n) is 5.99. The highest BCUT2D eigenvalue weighted by Gasteiger charge is 2.29. The van der Waals surface area contributed by atoms with E-state index in [0.717, 1.165) is 0 Å². The number of halogens is 2. The smallest absolute Gasteiger partial charge is 0.309 e. The lowest BCUT2D eigenvalue weighted by atomic mass is 9.85. The molecule has 6 heteroatoms. The fourth-order valence-electron chi connectivity index (χ4n) is 1.90. The molecule has 20 heavy (non-hydrogen) atoms. The number of carbonyl (C=O) groups is 1. The van der Waals surface area contributed by atoms with Crippen LogP contribution in [0.15, 0.2) is 12.1 Å². The molecule has 1 rings (SSSR count). The Balaban J connectivity index is 3.29. The van der Waals surface area contributed by atoms with Crippen LogP contribution in [0.25, 0.3) is 0 Å². The van der Waals surface area contributed by atoms with Crippen molar-refractivity contribution in [1.29, 1.82) is 0 Å². The van der Waals surface area contributed by atoms with E-state index in [2.05, 4.69) is 0 Å². The van der Waals surface area contributed by atoms with E-state index in [1.165, 1.54) is 40.2 Å². The Bertz CT molecular complexity index is 498. The second kappa shape index (κ2) is 6.07. The van der Waals surface area contributed by atoms with E-state index >= 15 is 0 Å². The Morgan fingerprint density at radius 1 is 1.30 bits per heavy atom. The molecule has 0 amide bonds. The van der Waals surface area contributed by atoms with Gasteiger partial charge in [-0.2, -0.15) is 0 Å². The van der Waals surface area contributed by atoms with Crippen LogP contribution in [0, 0.1) is 5.41 Å². The lowest BCUT2D eigenvalue weighted by Crippen LogP contribution is -2.26. The van der Waals surface area contributed by atoms with Gasteiger partial charge in [-0.15, -0.1) is 0 Å². The molecule has 0 saturated heterocycles. The minimum atomic E-state index is -2.73. The van der Waals surface area contributed by atoms with Gasteiger partial charge in [-0.1, -0.05) is 0 Å². The number of hydrogen-bond acceptors (Lipinski definition) is 3. The summed E-state index contributed by atoms with van der Waals surface area (Å²) in [5, 5.41) is 9.10. The van der Waals surface area contributed by atoms with E-state index in [9.17, 15) is 13.6 Å². The Morgan fingerprint density at radius 2 is 1.90 bits per heavy atom. The molecule has 0 aromatic heterocycles. The summed E-state index contributed by atoms with van der Waals surface area (Å²) in [6, 6.07) is 2.78. The summed E-state index contributed by atoms with van der Waals surface area (Å²) in [5.41, 5.74) is -0.896. The van der Waals surface area contributed by atoms with Gasteiger partial charge in [0.15, 0.2) is 11.5 Å². The molecule has 0 saturated carbocycles. The molecule has 0 bridgehead atoms. The van der Waals surface area contributed by atoms with Gasteiger partial charge in [0.25, 0.3) is 6.43 Å². The van der Waals surface area contributed by atoms with Gasteiger partial charge in [-0.3, -0.25) is 4.79 Å². The lowest BCUT2D eigenvalue weighted by Gasteiger charge is -2.21. The summed E-state index contributed by atoms with van der Waals surface area (Å²) in [4.78, 5) is 11.1. The molecule has 0 spiro atoms. The molecular weight excluding hydrogens is 270 g/mol. The van der Waals surface area contributed by atoms with Gasteiger partial charge < -0.3 is 14.6 Å². The fraction of sp³-hybridized carbons (Fsp3) is 0.500. The van der Waals surface area contributed by atoms with Crippen LogP contribution in [0.4, 0.5) is 8.78 Å². The van der Waals surface area contributed by atoms with Crippen LogP contribution >= 0.6 is 0 Å². The average Bonchev–Trinajstić information content (AvgIpc) is 2.36. The van der Waals surface area contributed by atoms with Crippen LogP contribution in [-0.2, 0) is 11.2 Å². The van der Waals surface area contributed by atoms with Gasteiger partial charge in [-0.25, -0.2) is 8.78 Å². The quantitative estimate of drug-likeness (QED) is 0.872. The van der Waals surface area contributed by atoms with Crippen molar-refractivity contribution >= 4 is 5.97 Å². The number of alkyl halides is 2. The van der Waals surface area contributed by atoms with Crippen molar-refractivity contribution in [2.45, 2.75) is 26.7 Å². The maximum atomic E-state index is 13.1. The first-order valence-corrected chi connectivity index (χ1v) is 5.99. The van der Waals surface area contributed by atoms with Crippen molar-refractivity contribution in [3.8, 4) is 11.5 Å². The van der Waals surface area contributed by atoms with Crippen LogP contribution in [0.2, 0.25) is 0 Å². The summed E-state index contributed by atoms with van der Waals surface area (Å²) in [6.45, 7) is 3.07. The Morgan fingerprint density at radius 3 is 2.30 bits per heavy atom. The number of ether oxygens (including phenoxy) is 2. The van der Waals surface area contributed by atoms with Crippen molar-refractivity contribution < 1.29 is 28.2 Å². The zero-order valence-electron chi connectivity index (χ0n) is 11.9. The second-order valence-corrected chi connectivity index (χ2v) is 5.09. The van der Waals surface area contributed by atoms with Crippen molar-refractivity contribution in [3.63, 3.8) is 0 Å². The minimum Gasteiger partial charge on any atom is -0.493 e. The SMILES string of the molecule is COc1cc(CC(C)(C)C(=O)O)cc(C(F)F)c1OC. The first-order chi connectivity index (χ1) is 9.22. The molecule has 0 aliphatic carbocycles. The lowest BCUT2D eigenvalue weighted by molar-refractivity contribution is -0.146. The zero-order valence-corrected chi connectivity index (χ0v) is 11.9. The summed E-state index contributed by atoms with van der Waals surface area (Å²) in [5.74, 6) is -0.855. The van der Waals surface area contributed by atoms with E-state index < -0.39 is 17.8 Å². The standard InChI is InChI=1S/C14H18F2O4/c1-14(2,13(17)18)7-8-5-9(12(15)16)11(20-4)10(6-8)19-3/h5-6,12H,7H2,1-4H3,(H,17,18). The zero-order chi connectivity index (χ0) is 15.5. The van der Waals surface area contributed by atoms with Gasteiger partial charge in [-0.05, 0) is 38.0 Å². The predicted molar refractivity (Wildman–Crippen MR) is 69.6 cm³/mol. The molecule has 0 radical (unpaired) electrons. The maximum absolute atomic E-state index is 13.1. The Hall–Kier alpha value is -1.85. The predicted octanol–water partition coefficient (Wildman–Crippen LogP) is 3.29. The highest BCUT2D eigenvalue weighted by molar-refractivity contribution is 5.74. The molecule has 0 unspecified atom stereocenters. The molecule has 112 valence electrons. The number of hydrogen-bond donors (Lipinski definition) is 1. The number of methoxy groups -OCH3 is 2. The molecule has 0 aliphatic rings. The van der Waals surface area contributed by atoms with Gasteiger partial charge in [0.1, 0.15) is 0 Å². The van der Waals surface area contributed by atoms with Gasteiger partial charge in [0.05, 0.1) is 25.2 Å². The van der Waals surface area contributed by atoms with Crippen LogP contribution in [0.3, 0.4) is 0 Å². The molecule has 0 fully saturated rings. The topological polar surface area (TPSA) is 55.8 Å². The van der Waals surface area contributed by atoms with Gasteiger partial charge in [0, 0.05) is 0 Å². The van der Waals surface area contributed by atoms with Gasteiger partial charge in [0.2, 0.25) is 0 Å². The highest BCUT2D eigenvalue weighted by Crippen LogP contribution is 2.39. The van der Waals surface area contributed by atoms with E-state index in [1.54, 1.807) is 0 Å². The van der Waals surface area contributed by atoms with Gasteiger partial charge >= 0.3 is 5.97 Å². The number of benzene rings is 1. The van der Waals surface area contributed by atoms with E-state index in [0.29, 0.717) is 5.56 Å². The average molecular weight is 288 g/mol. The fourth-order valence-corrected chi connectivity index (χ4v) is 1.90. The van der Waals surface area contributed by atoms with E-state index in [1.807, 2.05) is 0 Å². The second-order valence-electron chi connectivity index (χ2n) is 5.09. The first kappa shape index (κ1) is 16.2. The molecule has 0 heterocycles. The summed E-state index contributed by atoms with van der Waals surface area (Å²) in [7, 11) is 2.63. The highest BCUT2D eigenvalue weighted by atomic mass is 19.3. The third-order valence-corrected chi connectivity index (χ3v) is 3.03. The van der Waals surface area contributed by atoms with Crippen LogP contribution in [0.1, 0.15) is 31.4 Å². The maximum Gasteiger partial charge on any atom is 0.309 e. The summed E-state index contributed by atoms with van der Waals surface area (Å²) >= 11 is 0. The van der Waals surface area contributed by atoms with Crippen molar-refractivity contribution in [3.05, 3.63) is 23.3 Å². The molecule has 1 aromatic carbocycles. The monoisotopic (exact) mass is 288 g/mol. The Labute approximate surface area is 116 Å². The van der Waals surface area contributed by atoms with Crippen molar-refractivity contribution in [2.24, 2.45) is 5.41 Å². The number of carboxylic acid groups (broad SMARTS) is 1. The molecular formula is C14H18F2O4. The third kappa shape index (κ3) is 3.37. The summed E-state index contributed by atoms with van der Waals surface area (Å²) < 4.78 is 36.1. The van der Waals surface area contributed by atoms with Crippen molar-refractivity contribution in [2.75, 3.05) is 14.2 Å². The number of carboxylic acids is 1. The molecule has 4 nitrogen and oxygen atoms in total. The normalized spacial score (nSPS) is 11.6. The molecule has 1 N–H and O–H groups in total. The molecule has 1 aromatic rings. The van der Waals surface area contributed by atoms with E-state index in [4.69, 9.17) is 14.6 Å². The van der Waals surface area contributed by atoms with Crippen LogP contribution < -0.4 is 9.47 Å². The van der Waals surface area contributed by atoms with Crippen LogP contribution in [0.5, 0.6) is 11.5 Å². The molecule has 0 aliphatic heterocycles. The number of aliphatic carboxylic acids is 1. The number of rotatable bonds is 6. The van der Waals surface area contributed by atoms with Crippen LogP contribution in [-0.4, -0.2) is 25.3 Å². The Kier molecular flexibility index (Phi) is 4.92. The largest absolute Gasteiger partial charge is 0.493 e.